The summed E-state index contributed by atoms with van der Waals surface area (Å²) in [4.78, 5) is 38.0. The third-order valence-electron chi connectivity index (χ3n) is 9.20. The van der Waals surface area contributed by atoms with E-state index in [1.807, 2.05) is 33.8 Å². The molecule has 2 amide bonds. The third-order valence-corrected chi connectivity index (χ3v) is 9.20. The summed E-state index contributed by atoms with van der Waals surface area (Å²) in [6.07, 6.45) is -2.26. The average molecular weight is 572 g/mol. The number of guanidine groups is 1. The predicted molar refractivity (Wildman–Crippen MR) is 147 cm³/mol. The van der Waals surface area contributed by atoms with Crippen molar-refractivity contribution >= 4 is 17.8 Å². The Hall–Kier alpha value is -3.63. The lowest BCUT2D eigenvalue weighted by Gasteiger charge is -2.40. The van der Waals surface area contributed by atoms with E-state index in [9.17, 15) is 22.8 Å². The second kappa shape index (κ2) is 10.3. The molecule has 220 valence electrons. The molecule has 3 aliphatic rings. The Morgan fingerprint density at radius 1 is 1.20 bits per heavy atom. The summed E-state index contributed by atoms with van der Waals surface area (Å²) >= 11 is 0. The number of hydrogen-bond acceptors (Lipinski definition) is 6. The van der Waals surface area contributed by atoms with Crippen LogP contribution in [0.4, 0.5) is 13.2 Å². The average Bonchev–Trinajstić information content (AvgIpc) is 3.51. The van der Waals surface area contributed by atoms with Crippen LogP contribution >= 0.6 is 0 Å². The largest absolute Gasteiger partial charge is 0.480 e. The Balaban J connectivity index is 1.47. The molecule has 2 aliphatic heterocycles. The highest BCUT2D eigenvalue weighted by Gasteiger charge is 2.67. The minimum Gasteiger partial charge on any atom is -0.480 e. The first-order chi connectivity index (χ1) is 19.3. The van der Waals surface area contributed by atoms with Crippen molar-refractivity contribution in [2.75, 3.05) is 0 Å². The number of benzene rings is 1. The van der Waals surface area contributed by atoms with Crippen molar-refractivity contribution < 1.29 is 27.5 Å². The predicted octanol–water partition coefficient (Wildman–Crippen LogP) is 5.07. The van der Waals surface area contributed by atoms with Crippen LogP contribution in [0.5, 0.6) is 5.75 Å². The van der Waals surface area contributed by atoms with Gasteiger partial charge < -0.3 is 15.8 Å². The number of nitrogens with one attached hydrogen (secondary N) is 1. The number of hydrogen-bond donors (Lipinski definition) is 2. The summed E-state index contributed by atoms with van der Waals surface area (Å²) in [5.74, 6) is -1.34. The zero-order valence-electron chi connectivity index (χ0n) is 23.6. The molecule has 0 saturated heterocycles. The monoisotopic (exact) mass is 571 g/mol. The van der Waals surface area contributed by atoms with Gasteiger partial charge in [0.2, 0.25) is 11.8 Å². The van der Waals surface area contributed by atoms with Crippen LogP contribution < -0.4 is 15.8 Å². The van der Waals surface area contributed by atoms with Crippen molar-refractivity contribution in [2.24, 2.45) is 28.0 Å². The third kappa shape index (κ3) is 5.15. The van der Waals surface area contributed by atoms with Gasteiger partial charge in [-0.2, -0.15) is 13.2 Å². The van der Waals surface area contributed by atoms with Crippen LogP contribution in [0.25, 0.3) is 0 Å². The fourth-order valence-electron chi connectivity index (χ4n) is 6.64. The van der Waals surface area contributed by atoms with Gasteiger partial charge in [0.1, 0.15) is 5.75 Å². The maximum atomic E-state index is 13.8. The molecular formula is C30H36F3N5O3. The van der Waals surface area contributed by atoms with Crippen molar-refractivity contribution in [3.63, 3.8) is 0 Å². The van der Waals surface area contributed by atoms with Gasteiger partial charge in [0, 0.05) is 36.2 Å². The number of fused-ring (bicyclic) bond motifs is 1. The van der Waals surface area contributed by atoms with Crippen molar-refractivity contribution in [3.8, 4) is 5.75 Å². The number of pyridine rings is 1. The quantitative estimate of drug-likeness (QED) is 0.482. The molecular weight excluding hydrogens is 535 g/mol. The number of para-hydroxylation sites is 1. The molecule has 0 bridgehead atoms. The maximum Gasteiger partial charge on any atom is 0.425 e. The van der Waals surface area contributed by atoms with E-state index in [-0.39, 0.29) is 35.9 Å². The van der Waals surface area contributed by atoms with Gasteiger partial charge in [0.15, 0.2) is 12.1 Å². The molecule has 2 aromatic rings. The fraction of sp³-hybridized carbons (Fsp3) is 0.533. The minimum atomic E-state index is -4.58. The highest BCUT2D eigenvalue weighted by Crippen LogP contribution is 2.65. The number of carbonyl (C=O) groups excluding carboxylic acids is 2. The number of alkyl halides is 3. The Labute approximate surface area is 237 Å². The van der Waals surface area contributed by atoms with Crippen LogP contribution in [-0.2, 0) is 9.59 Å². The Morgan fingerprint density at radius 3 is 2.51 bits per heavy atom. The van der Waals surface area contributed by atoms with E-state index >= 15 is 0 Å². The maximum absolute atomic E-state index is 13.8. The van der Waals surface area contributed by atoms with Crippen molar-refractivity contribution in [1.29, 1.82) is 0 Å². The molecule has 5 atom stereocenters. The van der Waals surface area contributed by atoms with Crippen LogP contribution in [-0.4, -0.2) is 45.5 Å². The van der Waals surface area contributed by atoms with E-state index in [1.165, 1.54) is 11.0 Å². The molecule has 3 heterocycles. The second-order valence-corrected chi connectivity index (χ2v) is 11.9. The van der Waals surface area contributed by atoms with E-state index in [2.05, 4.69) is 10.3 Å². The summed E-state index contributed by atoms with van der Waals surface area (Å²) in [6, 6.07) is 8.53. The number of nitrogens with zero attached hydrogens (tertiary/aromatic N) is 3. The van der Waals surface area contributed by atoms with Gasteiger partial charge >= 0.3 is 6.18 Å². The molecule has 5 rings (SSSR count). The summed E-state index contributed by atoms with van der Waals surface area (Å²) in [7, 11) is 0. The number of halogens is 3. The molecule has 2 unspecified atom stereocenters. The number of nitrogens with two attached hydrogens (primary N) is 1. The lowest BCUT2D eigenvalue weighted by atomic mass is 9.86. The molecule has 1 fully saturated rings. The van der Waals surface area contributed by atoms with Crippen molar-refractivity contribution in [1.82, 2.24) is 15.2 Å². The van der Waals surface area contributed by atoms with Crippen molar-refractivity contribution in [3.05, 3.63) is 59.9 Å². The molecule has 1 saturated carbocycles. The van der Waals surface area contributed by atoms with Gasteiger partial charge in [-0.3, -0.25) is 19.5 Å². The lowest BCUT2D eigenvalue weighted by molar-refractivity contribution is -0.201. The number of rotatable bonds is 7. The molecule has 11 heteroatoms. The highest BCUT2D eigenvalue weighted by atomic mass is 19.4. The standard InChI is InChI=1S/C30H36F3N5O3/c1-5-29(6-2)15-22(39)38(27(34)37-29)25(17-10-9-13-35-16-17)23-24(28(23,3)4)26(40)36-19-14-21(30(31,32)33)41-20-12-8-7-11-18(19)20/h7-13,16,19,21,23-25H,5-6,14-15H2,1-4H3,(H2,34,37)(H,36,40)/t19-,21?,23?,24+,25-/m0/s1. The molecule has 1 aromatic heterocycles. The number of ether oxygens (including phenoxy) is 1. The van der Waals surface area contributed by atoms with Crippen molar-refractivity contribution in [2.45, 2.75) is 83.3 Å². The van der Waals surface area contributed by atoms with Crippen LogP contribution in [0.1, 0.15) is 76.6 Å². The topological polar surface area (TPSA) is 110 Å². The molecule has 8 nitrogen and oxygen atoms in total. The van der Waals surface area contributed by atoms with Gasteiger partial charge in [0.05, 0.1) is 24.0 Å². The number of aromatic nitrogens is 1. The SMILES string of the molecule is CCC1(CC)CC(=O)N([C@@H](c2cccnc2)C2[C@H](C(=O)N[C@H]3CC(C(F)(F)F)Oc4ccccc43)C2(C)C)C(N)=N1. The van der Waals surface area contributed by atoms with Gasteiger partial charge in [-0.25, -0.2) is 4.99 Å². The smallest absolute Gasteiger partial charge is 0.425 e. The zero-order valence-corrected chi connectivity index (χ0v) is 23.6. The molecule has 1 aromatic carbocycles. The van der Waals surface area contributed by atoms with E-state index in [0.717, 1.165) is 0 Å². The molecule has 0 spiro atoms. The van der Waals surface area contributed by atoms with Crippen LogP contribution in [0.15, 0.2) is 53.8 Å². The first-order valence-electron chi connectivity index (χ1n) is 14.0. The normalized spacial score (nSPS) is 27.2. The first kappa shape index (κ1) is 28.9. The summed E-state index contributed by atoms with van der Waals surface area (Å²) in [6.45, 7) is 7.80. The number of amides is 2. The zero-order chi connectivity index (χ0) is 29.7. The van der Waals surface area contributed by atoms with E-state index in [4.69, 9.17) is 15.5 Å². The van der Waals surface area contributed by atoms with Crippen LogP contribution in [0.2, 0.25) is 0 Å². The van der Waals surface area contributed by atoms with Crippen LogP contribution in [0.3, 0.4) is 0 Å². The number of carbonyl (C=O) groups is 2. The lowest BCUT2D eigenvalue weighted by Crippen LogP contribution is -2.53. The minimum absolute atomic E-state index is 0.101. The van der Waals surface area contributed by atoms with Crippen LogP contribution in [0, 0.1) is 17.3 Å². The Morgan fingerprint density at radius 2 is 1.90 bits per heavy atom. The second-order valence-electron chi connectivity index (χ2n) is 11.9. The van der Waals surface area contributed by atoms with Gasteiger partial charge in [-0.1, -0.05) is 52.0 Å². The van der Waals surface area contributed by atoms with Gasteiger partial charge in [0.25, 0.3) is 0 Å². The van der Waals surface area contributed by atoms with E-state index in [0.29, 0.717) is 24.0 Å². The number of aliphatic imine (C=N–C) groups is 1. The Bertz CT molecular complexity index is 1340. The molecule has 0 radical (unpaired) electrons. The van der Waals surface area contributed by atoms with Gasteiger partial charge in [-0.15, -0.1) is 0 Å². The summed E-state index contributed by atoms with van der Waals surface area (Å²) in [5.41, 5.74) is 6.53. The molecule has 1 aliphatic carbocycles. The molecule has 41 heavy (non-hydrogen) atoms. The summed E-state index contributed by atoms with van der Waals surface area (Å²) < 4.78 is 46.3. The van der Waals surface area contributed by atoms with Gasteiger partial charge in [-0.05, 0) is 36.0 Å². The Kier molecular flexibility index (Phi) is 7.28. The summed E-state index contributed by atoms with van der Waals surface area (Å²) in [5, 5.41) is 2.89. The fourth-order valence-corrected chi connectivity index (χ4v) is 6.64. The first-order valence-corrected chi connectivity index (χ1v) is 14.0. The van der Waals surface area contributed by atoms with E-state index < -0.39 is 47.7 Å². The van der Waals surface area contributed by atoms with E-state index in [1.54, 1.807) is 36.7 Å². The molecule has 3 N–H and O–H groups in total. The highest BCUT2D eigenvalue weighted by molar-refractivity contribution is 6.00.